The van der Waals surface area contributed by atoms with Crippen molar-refractivity contribution < 1.29 is 13.5 Å². The average Bonchev–Trinajstić information content (AvgIpc) is 3.52. The number of nitrogens with one attached hydrogen (secondary N) is 1. The molecule has 3 atom stereocenters. The molecule has 7 nitrogen and oxygen atoms in total. The summed E-state index contributed by atoms with van der Waals surface area (Å²) < 4.78 is 37.2. The zero-order valence-electron chi connectivity index (χ0n) is 23.0. The van der Waals surface area contributed by atoms with E-state index in [0.29, 0.717) is 34.8 Å². The molecule has 0 amide bonds. The Kier molecular flexibility index (Phi) is 6.92. The van der Waals surface area contributed by atoms with Gasteiger partial charge in [0.2, 0.25) is 0 Å². The predicted octanol–water partition coefficient (Wildman–Crippen LogP) is 5.78. The van der Waals surface area contributed by atoms with Crippen LogP contribution in [0.15, 0.2) is 42.6 Å². The Balaban J connectivity index is 1.34. The van der Waals surface area contributed by atoms with Crippen molar-refractivity contribution in [1.82, 2.24) is 25.2 Å². The Morgan fingerprint density at radius 2 is 2.05 bits per heavy atom. The number of hydrogen-bond acceptors (Lipinski definition) is 7. The summed E-state index contributed by atoms with van der Waals surface area (Å²) in [5.74, 6) is 0.0205. The second kappa shape index (κ2) is 10.6. The number of aromatic nitrogens is 3. The number of nitrogens with zero attached hydrogens (tertiary/aromatic N) is 5. The van der Waals surface area contributed by atoms with Crippen LogP contribution in [0.3, 0.4) is 0 Å². The van der Waals surface area contributed by atoms with E-state index in [1.54, 1.807) is 12.3 Å². The van der Waals surface area contributed by atoms with Crippen LogP contribution in [0, 0.1) is 5.82 Å². The van der Waals surface area contributed by atoms with E-state index in [0.717, 1.165) is 56.1 Å². The van der Waals surface area contributed by atoms with Crippen LogP contribution in [-0.4, -0.2) is 77.4 Å². The van der Waals surface area contributed by atoms with Crippen molar-refractivity contribution >= 4 is 39.1 Å². The Labute approximate surface area is 242 Å². The highest BCUT2D eigenvalue weighted by Crippen LogP contribution is 2.41. The van der Waals surface area contributed by atoms with Gasteiger partial charge in [0.25, 0.3) is 0 Å². The smallest absolute Gasteiger partial charge is 0.319 e. The van der Waals surface area contributed by atoms with Gasteiger partial charge in [-0.1, -0.05) is 41.9 Å². The molecule has 0 radical (unpaired) electrons. The minimum atomic E-state index is -0.865. The van der Waals surface area contributed by atoms with E-state index in [1.165, 1.54) is 0 Å². The molecule has 7 rings (SSSR count). The summed E-state index contributed by atoms with van der Waals surface area (Å²) in [4.78, 5) is 18.3. The minimum absolute atomic E-state index is 0.0960. The molecule has 3 aliphatic heterocycles. The summed E-state index contributed by atoms with van der Waals surface area (Å²) in [6.45, 7) is 3.34. The quantitative estimate of drug-likeness (QED) is 0.311. The van der Waals surface area contributed by atoms with Gasteiger partial charge in [-0.3, -0.25) is 9.88 Å². The highest BCUT2D eigenvalue weighted by atomic mass is 35.5. The van der Waals surface area contributed by atoms with Gasteiger partial charge in [0.1, 0.15) is 29.8 Å². The van der Waals surface area contributed by atoms with Gasteiger partial charge in [0.15, 0.2) is 5.82 Å². The maximum atomic E-state index is 16.5. The van der Waals surface area contributed by atoms with Crippen molar-refractivity contribution in [2.24, 2.45) is 0 Å². The second-order valence-corrected chi connectivity index (χ2v) is 12.0. The van der Waals surface area contributed by atoms with Gasteiger partial charge in [-0.15, -0.1) is 0 Å². The fourth-order valence-corrected chi connectivity index (χ4v) is 7.30. The highest BCUT2D eigenvalue weighted by Gasteiger charge is 2.49. The molecule has 0 saturated carbocycles. The molecule has 3 fully saturated rings. The summed E-state index contributed by atoms with van der Waals surface area (Å²) in [6.07, 6.45) is 5.13. The number of benzene rings is 2. The first kappa shape index (κ1) is 26.7. The number of pyridine rings is 1. The van der Waals surface area contributed by atoms with Crippen molar-refractivity contribution in [2.45, 2.75) is 49.9 Å². The first-order chi connectivity index (χ1) is 19.9. The summed E-state index contributed by atoms with van der Waals surface area (Å²) in [7, 11) is 1.97. The first-order valence-electron chi connectivity index (χ1n) is 14.4. The van der Waals surface area contributed by atoms with Crippen molar-refractivity contribution in [3.8, 4) is 17.3 Å². The number of hydrogen-bond donors (Lipinski definition) is 1. The van der Waals surface area contributed by atoms with E-state index in [4.69, 9.17) is 21.3 Å². The van der Waals surface area contributed by atoms with Gasteiger partial charge in [0, 0.05) is 54.8 Å². The minimum Gasteiger partial charge on any atom is -0.461 e. The average molecular weight is 579 g/mol. The number of piperidine rings is 1. The third-order valence-corrected chi connectivity index (χ3v) is 9.45. The molecule has 3 saturated heterocycles. The van der Waals surface area contributed by atoms with Gasteiger partial charge in [-0.2, -0.15) is 9.97 Å². The molecule has 41 heavy (non-hydrogen) atoms. The van der Waals surface area contributed by atoms with Crippen LogP contribution in [0.5, 0.6) is 6.01 Å². The third kappa shape index (κ3) is 4.68. The number of alkyl halides is 1. The number of ether oxygens (including phenoxy) is 1. The Morgan fingerprint density at radius 3 is 2.88 bits per heavy atom. The van der Waals surface area contributed by atoms with Crippen molar-refractivity contribution in [1.29, 1.82) is 0 Å². The van der Waals surface area contributed by atoms with E-state index in [9.17, 15) is 4.39 Å². The molecule has 1 N–H and O–H groups in total. The molecular formula is C31H33ClF2N6O. The first-order valence-corrected chi connectivity index (χ1v) is 14.8. The number of halogens is 3. The Hall–Kier alpha value is -3.14. The number of fused-ring (bicyclic) bond motifs is 3. The van der Waals surface area contributed by atoms with Crippen molar-refractivity contribution in [2.75, 3.05) is 44.7 Å². The Morgan fingerprint density at radius 1 is 1.20 bits per heavy atom. The zero-order chi connectivity index (χ0) is 28.1. The fourth-order valence-electron chi connectivity index (χ4n) is 7.02. The lowest BCUT2D eigenvalue weighted by molar-refractivity contribution is 0.107. The number of likely N-dealkylation sites (N-methyl/N-ethyl adjacent to an activating group) is 1. The maximum Gasteiger partial charge on any atom is 0.319 e. The van der Waals surface area contributed by atoms with Gasteiger partial charge >= 0.3 is 6.01 Å². The topological polar surface area (TPSA) is 66.4 Å². The van der Waals surface area contributed by atoms with Gasteiger partial charge in [0.05, 0.1) is 10.9 Å². The van der Waals surface area contributed by atoms with E-state index in [1.807, 2.05) is 37.4 Å². The summed E-state index contributed by atoms with van der Waals surface area (Å²) in [5.41, 5.74) is 0.551. The largest absolute Gasteiger partial charge is 0.461 e. The second-order valence-electron chi connectivity index (χ2n) is 11.6. The molecular weight excluding hydrogens is 546 g/mol. The van der Waals surface area contributed by atoms with Crippen LogP contribution >= 0.6 is 11.6 Å². The molecule has 0 unspecified atom stereocenters. The van der Waals surface area contributed by atoms with E-state index in [2.05, 4.69) is 25.1 Å². The molecule has 2 aromatic heterocycles. The van der Waals surface area contributed by atoms with E-state index in [-0.39, 0.29) is 35.4 Å². The van der Waals surface area contributed by atoms with Crippen molar-refractivity contribution in [3.05, 3.63) is 53.4 Å². The van der Waals surface area contributed by atoms with Gasteiger partial charge in [-0.25, -0.2) is 8.78 Å². The van der Waals surface area contributed by atoms with E-state index < -0.39 is 12.0 Å². The number of rotatable bonds is 6. The lowest BCUT2D eigenvalue weighted by Gasteiger charge is -2.33. The van der Waals surface area contributed by atoms with Gasteiger partial charge in [-0.05, 0) is 50.2 Å². The predicted molar refractivity (Wildman–Crippen MR) is 158 cm³/mol. The molecule has 5 heterocycles. The summed E-state index contributed by atoms with van der Waals surface area (Å²) >= 11 is 6.58. The molecule has 0 bridgehead atoms. The monoisotopic (exact) mass is 578 g/mol. The molecule has 2 aromatic carbocycles. The van der Waals surface area contributed by atoms with Crippen LogP contribution in [0.4, 0.5) is 14.6 Å². The maximum absolute atomic E-state index is 16.5. The number of anilines is 1. The van der Waals surface area contributed by atoms with Crippen LogP contribution in [0.1, 0.15) is 32.1 Å². The normalized spacial score (nSPS) is 24.7. The van der Waals surface area contributed by atoms with Crippen LogP contribution in [0.25, 0.3) is 32.9 Å². The van der Waals surface area contributed by atoms with Crippen LogP contribution < -0.4 is 15.0 Å². The molecule has 4 aromatic rings. The molecule has 3 aliphatic rings. The summed E-state index contributed by atoms with van der Waals surface area (Å²) in [6, 6.07) is 11.5. The summed E-state index contributed by atoms with van der Waals surface area (Å²) in [5, 5.41) is 6.12. The van der Waals surface area contributed by atoms with Crippen molar-refractivity contribution in [3.63, 3.8) is 0 Å². The molecule has 0 aliphatic carbocycles. The molecule has 0 spiro atoms. The van der Waals surface area contributed by atoms with Gasteiger partial charge < -0.3 is 15.0 Å². The fraction of sp³-hybridized carbons (Fsp3) is 0.452. The SMILES string of the molecule is CN(c1nc(OC[C@@]23CCCN2C[C@H](F)C3)nc2c(F)c(-c3cccc4cccc(Cl)c34)ncc12)[C@H]1CCCNC1. The zero-order valence-corrected chi connectivity index (χ0v) is 23.8. The Bertz CT molecular complexity index is 1610. The lowest BCUT2D eigenvalue weighted by atomic mass is 9.95. The molecule has 214 valence electrons. The van der Waals surface area contributed by atoms with Crippen LogP contribution in [-0.2, 0) is 0 Å². The highest BCUT2D eigenvalue weighted by molar-refractivity contribution is 6.36. The molecule has 10 heteroatoms. The standard InChI is InChI=1S/C31H33ClF2N6O/c1-39(21-8-4-12-35-15-21)29-23-16-36-27(22-9-2-6-19-7-3-10-24(32)25(19)22)26(34)28(23)37-30(38-29)41-18-31-11-5-13-40(31)17-20(33)14-31/h2-3,6-7,9-10,16,20-21,35H,4-5,8,11-15,17-18H2,1H3/t20-,21+,31+/m1/s1. The third-order valence-electron chi connectivity index (χ3n) is 9.14. The van der Waals surface area contributed by atoms with Crippen LogP contribution in [0.2, 0.25) is 5.02 Å². The lowest BCUT2D eigenvalue weighted by Crippen LogP contribution is -2.45. The van der Waals surface area contributed by atoms with E-state index >= 15 is 4.39 Å².